The number of hydrogen-bond acceptors (Lipinski definition) is 2. The summed E-state index contributed by atoms with van der Waals surface area (Å²) in [6.45, 7) is 1.06. The molecule has 4 atom stereocenters. The molecule has 0 bridgehead atoms. The van der Waals surface area contributed by atoms with Gasteiger partial charge in [0.2, 0.25) is 11.8 Å². The first-order valence-corrected chi connectivity index (χ1v) is 11.4. The number of rotatable bonds is 8. The average Bonchev–Trinajstić information content (AvgIpc) is 3.76. The molecule has 2 aliphatic rings. The number of hydrogen-bond donors (Lipinski definition) is 2. The molecular formula is C28H28N2O2. The average molecular weight is 425 g/mol. The molecule has 0 saturated heterocycles. The van der Waals surface area contributed by atoms with Crippen LogP contribution >= 0.6 is 0 Å². The summed E-state index contributed by atoms with van der Waals surface area (Å²) in [6, 6.07) is 28.6. The third-order valence-electron chi connectivity index (χ3n) is 6.67. The summed E-state index contributed by atoms with van der Waals surface area (Å²) in [5.74, 6) is 1.16. The molecule has 0 unspecified atom stereocenters. The smallest absolute Gasteiger partial charge is 0.224 e. The van der Waals surface area contributed by atoms with E-state index in [0.717, 1.165) is 24.0 Å². The Hall–Kier alpha value is -3.40. The number of carbonyl (C=O) groups is 2. The number of amides is 2. The molecule has 2 aliphatic carbocycles. The zero-order chi connectivity index (χ0) is 21.9. The first-order chi connectivity index (χ1) is 15.7. The minimum atomic E-state index is 0.0917. The van der Waals surface area contributed by atoms with Crippen molar-refractivity contribution in [2.75, 3.05) is 0 Å². The van der Waals surface area contributed by atoms with Crippen molar-refractivity contribution in [1.29, 1.82) is 0 Å². The van der Waals surface area contributed by atoms with E-state index in [1.165, 1.54) is 11.1 Å². The van der Waals surface area contributed by atoms with Gasteiger partial charge in [0.1, 0.15) is 0 Å². The van der Waals surface area contributed by atoms with Gasteiger partial charge in [-0.15, -0.1) is 0 Å². The molecule has 2 saturated carbocycles. The minimum absolute atomic E-state index is 0.0917. The van der Waals surface area contributed by atoms with Crippen LogP contribution in [0.25, 0.3) is 0 Å². The Kier molecular flexibility index (Phi) is 5.76. The van der Waals surface area contributed by atoms with Crippen LogP contribution in [-0.4, -0.2) is 11.8 Å². The second-order valence-corrected chi connectivity index (χ2v) is 8.97. The van der Waals surface area contributed by atoms with Crippen LogP contribution in [0.1, 0.15) is 46.9 Å². The second-order valence-electron chi connectivity index (χ2n) is 8.97. The molecule has 0 aliphatic heterocycles. The SMILES string of the molecule is O=C(NCc1ccc(CNC(=O)[C@@H]2C[C@@H]2c2ccccc2)cc1)[C@H]1C[C@@H]1c1ccccc1. The third kappa shape index (κ3) is 4.75. The van der Waals surface area contributed by atoms with Crippen molar-refractivity contribution < 1.29 is 9.59 Å². The van der Waals surface area contributed by atoms with E-state index in [-0.39, 0.29) is 23.7 Å². The molecule has 0 radical (unpaired) electrons. The molecule has 2 amide bonds. The highest BCUT2D eigenvalue weighted by molar-refractivity contribution is 5.83. The van der Waals surface area contributed by atoms with E-state index < -0.39 is 0 Å². The first kappa shape index (κ1) is 20.5. The summed E-state index contributed by atoms with van der Waals surface area (Å²) in [5.41, 5.74) is 4.63. The summed E-state index contributed by atoms with van der Waals surface area (Å²) in [7, 11) is 0. The van der Waals surface area contributed by atoms with Gasteiger partial charge in [0, 0.05) is 24.9 Å². The van der Waals surface area contributed by atoms with Crippen LogP contribution in [0.4, 0.5) is 0 Å². The van der Waals surface area contributed by atoms with E-state index in [0.29, 0.717) is 24.9 Å². The van der Waals surface area contributed by atoms with E-state index >= 15 is 0 Å². The van der Waals surface area contributed by atoms with Gasteiger partial charge in [0.15, 0.2) is 0 Å². The van der Waals surface area contributed by atoms with Gasteiger partial charge in [0.05, 0.1) is 0 Å². The van der Waals surface area contributed by atoms with Crippen LogP contribution in [0, 0.1) is 11.8 Å². The molecule has 2 fully saturated rings. The van der Waals surface area contributed by atoms with Crippen molar-refractivity contribution in [1.82, 2.24) is 10.6 Å². The highest BCUT2D eigenvalue weighted by Crippen LogP contribution is 2.48. The van der Waals surface area contributed by atoms with Gasteiger partial charge in [0.25, 0.3) is 0 Å². The zero-order valence-electron chi connectivity index (χ0n) is 18.0. The van der Waals surface area contributed by atoms with Crippen LogP contribution in [0.15, 0.2) is 84.9 Å². The van der Waals surface area contributed by atoms with Crippen LogP contribution in [-0.2, 0) is 22.7 Å². The van der Waals surface area contributed by atoms with Crippen LogP contribution in [0.3, 0.4) is 0 Å². The lowest BCUT2D eigenvalue weighted by Gasteiger charge is -2.08. The number of benzene rings is 3. The Bertz CT molecular complexity index is 991. The van der Waals surface area contributed by atoms with Crippen molar-refractivity contribution >= 4 is 11.8 Å². The van der Waals surface area contributed by atoms with Crippen molar-refractivity contribution in [3.8, 4) is 0 Å². The molecule has 0 heterocycles. The molecule has 2 N–H and O–H groups in total. The summed E-state index contributed by atoms with van der Waals surface area (Å²) in [5, 5.41) is 6.13. The monoisotopic (exact) mass is 424 g/mol. The number of nitrogens with one attached hydrogen (secondary N) is 2. The summed E-state index contributed by atoms with van der Waals surface area (Å²) in [4.78, 5) is 24.9. The Balaban J connectivity index is 1.05. The zero-order valence-corrected chi connectivity index (χ0v) is 18.0. The predicted molar refractivity (Wildman–Crippen MR) is 125 cm³/mol. The largest absolute Gasteiger partial charge is 0.352 e. The Morgan fingerprint density at radius 3 is 1.34 bits per heavy atom. The Labute approximate surface area is 189 Å². The fourth-order valence-corrected chi connectivity index (χ4v) is 4.52. The fourth-order valence-electron chi connectivity index (χ4n) is 4.52. The first-order valence-electron chi connectivity index (χ1n) is 11.4. The molecule has 32 heavy (non-hydrogen) atoms. The van der Waals surface area contributed by atoms with Crippen molar-refractivity contribution in [2.45, 2.75) is 37.8 Å². The fraction of sp³-hybridized carbons (Fsp3) is 0.286. The molecule has 3 aromatic carbocycles. The van der Waals surface area contributed by atoms with E-state index in [4.69, 9.17) is 0 Å². The van der Waals surface area contributed by atoms with Gasteiger partial charge in [-0.2, -0.15) is 0 Å². The van der Waals surface area contributed by atoms with Gasteiger partial charge >= 0.3 is 0 Å². The molecular weight excluding hydrogens is 396 g/mol. The molecule has 162 valence electrons. The van der Waals surface area contributed by atoms with Crippen molar-refractivity contribution in [2.24, 2.45) is 11.8 Å². The lowest BCUT2D eigenvalue weighted by Crippen LogP contribution is -2.25. The van der Waals surface area contributed by atoms with Crippen LogP contribution in [0.2, 0.25) is 0 Å². The molecule has 4 nitrogen and oxygen atoms in total. The van der Waals surface area contributed by atoms with E-state index in [2.05, 4.69) is 34.9 Å². The Morgan fingerprint density at radius 1 is 0.594 bits per heavy atom. The minimum Gasteiger partial charge on any atom is -0.352 e. The summed E-state index contributed by atoms with van der Waals surface area (Å²) < 4.78 is 0. The van der Waals surface area contributed by atoms with E-state index in [1.807, 2.05) is 60.7 Å². The highest BCUT2D eigenvalue weighted by Gasteiger charge is 2.44. The molecule has 0 aromatic heterocycles. The van der Waals surface area contributed by atoms with E-state index in [1.54, 1.807) is 0 Å². The molecule has 5 rings (SSSR count). The third-order valence-corrected chi connectivity index (χ3v) is 6.67. The maximum atomic E-state index is 12.4. The predicted octanol–water partition coefficient (Wildman–Crippen LogP) is 4.53. The van der Waals surface area contributed by atoms with Crippen LogP contribution < -0.4 is 10.6 Å². The normalized spacial score (nSPS) is 23.2. The maximum absolute atomic E-state index is 12.4. The second kappa shape index (κ2) is 8.99. The maximum Gasteiger partial charge on any atom is 0.224 e. The summed E-state index contributed by atoms with van der Waals surface area (Å²) in [6.07, 6.45) is 1.86. The van der Waals surface area contributed by atoms with Gasteiger partial charge < -0.3 is 10.6 Å². The highest BCUT2D eigenvalue weighted by atomic mass is 16.2. The van der Waals surface area contributed by atoms with Crippen molar-refractivity contribution in [3.63, 3.8) is 0 Å². The number of carbonyl (C=O) groups excluding carboxylic acids is 2. The molecule has 3 aromatic rings. The topological polar surface area (TPSA) is 58.2 Å². The van der Waals surface area contributed by atoms with Crippen molar-refractivity contribution in [3.05, 3.63) is 107 Å². The lowest BCUT2D eigenvalue weighted by molar-refractivity contribution is -0.123. The quantitative estimate of drug-likeness (QED) is 0.558. The van der Waals surface area contributed by atoms with E-state index in [9.17, 15) is 9.59 Å². The Morgan fingerprint density at radius 2 is 0.969 bits per heavy atom. The molecule has 4 heteroatoms. The lowest BCUT2D eigenvalue weighted by atomic mass is 10.1. The van der Waals surface area contributed by atoms with Gasteiger partial charge in [-0.25, -0.2) is 0 Å². The van der Waals surface area contributed by atoms with Gasteiger partial charge in [-0.05, 0) is 46.9 Å². The van der Waals surface area contributed by atoms with Gasteiger partial charge in [-0.3, -0.25) is 9.59 Å². The van der Waals surface area contributed by atoms with Gasteiger partial charge in [-0.1, -0.05) is 84.9 Å². The molecule has 0 spiro atoms. The summed E-state index contributed by atoms with van der Waals surface area (Å²) >= 11 is 0. The standard InChI is InChI=1S/C28H28N2O2/c31-27(25-15-23(25)21-7-3-1-4-8-21)29-17-19-11-13-20(14-12-19)18-30-28(32)26-16-24(26)22-9-5-2-6-10-22/h1-14,23-26H,15-18H2,(H,29,31)(H,30,32)/t23-,24-,25-,26+/m1/s1. The van der Waals surface area contributed by atoms with Crippen LogP contribution in [0.5, 0.6) is 0 Å².